The van der Waals surface area contributed by atoms with E-state index in [1.165, 1.54) is 7.11 Å². The van der Waals surface area contributed by atoms with Crippen LogP contribution in [0.25, 0.3) is 0 Å². The van der Waals surface area contributed by atoms with Gasteiger partial charge >= 0.3 is 57.2 Å². The molecule has 4 rings (SSSR count). The third-order valence-corrected chi connectivity index (χ3v) is 15.0. The first kappa shape index (κ1) is 60.9. The zero-order valence-corrected chi connectivity index (χ0v) is 42.6. The normalized spacial score (nSPS) is 17.7. The molecule has 0 radical (unpaired) electrons. The van der Waals surface area contributed by atoms with Crippen molar-refractivity contribution in [1.29, 1.82) is 0 Å². The summed E-state index contributed by atoms with van der Waals surface area (Å²) >= 11 is 0. The van der Waals surface area contributed by atoms with Crippen LogP contribution in [0.15, 0.2) is 48.5 Å². The number of carboxylic acid groups (broad SMARTS) is 1. The van der Waals surface area contributed by atoms with Crippen molar-refractivity contribution in [3.8, 4) is 0 Å². The largest absolute Gasteiger partial charge is 1.00 e. The van der Waals surface area contributed by atoms with Gasteiger partial charge in [-0.15, -0.1) is 0 Å². The smallest absolute Gasteiger partial charge is 0.870 e. The molecule has 4 N–H and O–H groups in total. The fourth-order valence-corrected chi connectivity index (χ4v) is 7.36. The number of nitrogens with one attached hydrogen (secondary N) is 2. The summed E-state index contributed by atoms with van der Waals surface area (Å²) in [4.78, 5) is 48.0. The Morgan fingerprint density at radius 1 is 0.609 bits per heavy atom. The van der Waals surface area contributed by atoms with E-state index in [1.807, 2.05) is 79.7 Å². The molecule has 20 heteroatoms. The minimum Gasteiger partial charge on any atom is -0.870 e. The number of carbonyl (C=O) groups is 4. The van der Waals surface area contributed by atoms with E-state index < -0.39 is 88.7 Å². The molecule has 0 aromatic heterocycles. The summed E-state index contributed by atoms with van der Waals surface area (Å²) in [7, 11) is -2.22. The fourth-order valence-electron chi connectivity index (χ4n) is 5.93. The monoisotopic (exact) mass is 925 g/mol. The molecule has 2 heterocycles. The zero-order chi connectivity index (χ0) is 46.2. The Bertz CT molecular complexity index is 1770. The Morgan fingerprint density at radius 3 is 1.19 bits per heavy atom. The van der Waals surface area contributed by atoms with Crippen LogP contribution in [0, 0.1) is 0 Å². The molecule has 15 nitrogen and oxygen atoms in total. The number of hydrogen-bond acceptors (Lipinski definition) is 12. The van der Waals surface area contributed by atoms with Crippen LogP contribution in [0.3, 0.4) is 0 Å². The van der Waals surface area contributed by atoms with Crippen LogP contribution in [0.4, 0.5) is 9.59 Å². The fraction of sp³-hybridized carbons (Fsp3) is 0.636. The molecule has 0 bridgehead atoms. The number of rotatable bonds is 16. The molecule has 0 spiro atoms. The van der Waals surface area contributed by atoms with Crippen LogP contribution in [-0.4, -0.2) is 121 Å². The summed E-state index contributed by atoms with van der Waals surface area (Å²) in [5.41, 5.74) is 1.26. The van der Waals surface area contributed by atoms with E-state index >= 15 is 0 Å². The summed E-state index contributed by atoms with van der Waals surface area (Å²) < 4.78 is 39.6. The van der Waals surface area contributed by atoms with E-state index in [0.717, 1.165) is 28.6 Å². The Hall–Kier alpha value is -3.12. The predicted molar refractivity (Wildman–Crippen MR) is 253 cm³/mol. The van der Waals surface area contributed by atoms with Crippen LogP contribution in [-0.2, 0) is 42.4 Å². The van der Waals surface area contributed by atoms with Gasteiger partial charge in [0.25, 0.3) is 0 Å². The van der Waals surface area contributed by atoms with E-state index in [-0.39, 0.29) is 44.9 Å². The zero-order valence-electron chi connectivity index (χ0n) is 40.6. The quantitative estimate of drug-likeness (QED) is 0.124. The van der Waals surface area contributed by atoms with Crippen molar-refractivity contribution in [2.75, 3.05) is 33.4 Å². The van der Waals surface area contributed by atoms with Gasteiger partial charge in [0.15, 0.2) is 0 Å². The third-order valence-electron chi connectivity index (χ3n) is 11.6. The molecule has 2 amide bonds. The van der Waals surface area contributed by atoms with Crippen LogP contribution < -0.4 is 40.4 Å². The average Bonchev–Trinajstić information content (AvgIpc) is 3.50. The molecule has 354 valence electrons. The third kappa shape index (κ3) is 17.9. The van der Waals surface area contributed by atoms with Crippen LogP contribution in [0.1, 0.15) is 85.8 Å². The molecule has 2 atom stereocenters. The minimum absolute atomic E-state index is 0. The van der Waals surface area contributed by atoms with Gasteiger partial charge in [0, 0.05) is 29.2 Å². The number of hydrogen-bond donors (Lipinski definition) is 3. The maximum atomic E-state index is 12.3. The van der Waals surface area contributed by atoms with Crippen molar-refractivity contribution in [2.45, 2.75) is 148 Å². The molecule has 64 heavy (non-hydrogen) atoms. The van der Waals surface area contributed by atoms with Crippen molar-refractivity contribution in [3.63, 3.8) is 0 Å². The van der Waals surface area contributed by atoms with Gasteiger partial charge in [-0.25, -0.2) is 9.59 Å². The second-order valence-electron chi connectivity index (χ2n) is 20.1. The van der Waals surface area contributed by atoms with Gasteiger partial charge in [0.1, 0.15) is 0 Å². The maximum Gasteiger partial charge on any atom is 1.00 e. The van der Waals surface area contributed by atoms with Crippen LogP contribution in [0.5, 0.6) is 0 Å². The van der Waals surface area contributed by atoms with Crippen molar-refractivity contribution >= 4 is 65.4 Å². The Labute approximate surface area is 397 Å². The van der Waals surface area contributed by atoms with Gasteiger partial charge in [-0.2, -0.15) is 0 Å². The van der Waals surface area contributed by atoms with Crippen molar-refractivity contribution < 1.29 is 81.4 Å². The van der Waals surface area contributed by atoms with Gasteiger partial charge in [-0.05, 0) is 89.5 Å². The van der Waals surface area contributed by atoms with Crippen molar-refractivity contribution in [3.05, 3.63) is 59.7 Å². The molecule has 2 aromatic rings. The number of aliphatic carboxylic acids is 1. The summed E-state index contributed by atoms with van der Waals surface area (Å²) in [5.74, 6) is -2.95. The number of carbonyl (C=O) groups excluding carboxylic acids is 3. The molecular formula is C44H75B2LiN2O13Si2. The van der Waals surface area contributed by atoms with E-state index in [0.29, 0.717) is 18.8 Å². The number of ether oxygens (including phenoxy) is 3. The van der Waals surface area contributed by atoms with E-state index in [9.17, 15) is 24.3 Å². The van der Waals surface area contributed by atoms with Gasteiger partial charge in [0.05, 0.1) is 54.6 Å². The Morgan fingerprint density at radius 2 is 0.906 bits per heavy atom. The second-order valence-corrected chi connectivity index (χ2v) is 31.4. The van der Waals surface area contributed by atoms with Gasteiger partial charge in [-0.1, -0.05) is 95.2 Å². The number of alkyl carbamates (subject to hydrolysis) is 2. The van der Waals surface area contributed by atoms with Crippen molar-refractivity contribution in [1.82, 2.24) is 10.6 Å². The van der Waals surface area contributed by atoms with E-state index in [4.69, 9.17) is 32.8 Å². The first-order valence-corrected chi connectivity index (χ1v) is 28.4. The second kappa shape index (κ2) is 24.6. The summed E-state index contributed by atoms with van der Waals surface area (Å²) in [6.45, 7) is 30.0. The molecule has 2 aliphatic rings. The number of amides is 2. The molecule has 0 aliphatic carbocycles. The summed E-state index contributed by atoms with van der Waals surface area (Å²) in [5, 5.41) is 14.8. The van der Waals surface area contributed by atoms with E-state index in [2.05, 4.69) is 49.9 Å². The molecule has 2 saturated heterocycles. The SMILES string of the molecule is C.CC1(C)OB(c2ccc(C(CNC(=O)OCC[Si](C)(C)C)C(=O)O)cc2)OC1(C)C.COC(=O)C(CNC(=O)OCC[Si](C)(C)C)c1ccc(B2OC(C)(C)C(C)(C)O2)cc1.[Li+].[OH-]. The van der Waals surface area contributed by atoms with Crippen molar-refractivity contribution in [2.24, 2.45) is 0 Å². The Balaban J connectivity index is 0.00000119. The topological polar surface area (TPSA) is 207 Å². The maximum absolute atomic E-state index is 12.3. The summed E-state index contributed by atoms with van der Waals surface area (Å²) in [6, 6.07) is 16.2. The number of methoxy groups -OCH3 is 1. The van der Waals surface area contributed by atoms with E-state index in [1.54, 1.807) is 24.3 Å². The predicted octanol–water partition coefficient (Wildman–Crippen LogP) is 3.99. The van der Waals surface area contributed by atoms with Gasteiger partial charge in [-0.3, -0.25) is 9.59 Å². The average molecular weight is 925 g/mol. The minimum atomic E-state index is -1.29. The Kier molecular flexibility index (Phi) is 23.4. The molecule has 2 aromatic carbocycles. The molecule has 0 saturated carbocycles. The summed E-state index contributed by atoms with van der Waals surface area (Å²) in [6.07, 6.45) is -1.12. The molecular weight excluding hydrogens is 849 g/mol. The van der Waals surface area contributed by atoms with Crippen LogP contribution >= 0.6 is 0 Å². The number of esters is 1. The number of carboxylic acids is 1. The first-order chi connectivity index (χ1) is 28.0. The molecule has 2 aliphatic heterocycles. The molecule has 2 fully saturated rings. The number of benzene rings is 2. The standard InChI is InChI=1S/C22H36BNO6Si.C21H34BNO6Si.CH4.Li.H2O/c1-21(2)22(3,4)30-23(29-21)17-11-9-16(10-12-17)18(19(25)27-5)15-24-20(26)28-13-14-31(6,7)8;1-20(2)21(3,4)29-22(28-20)16-10-8-15(9-11-16)17(18(24)25)14-23-19(26)27-12-13-30(5,6)7;;;/h9-12,18H,13-15H2,1-8H3,(H,24,26);8-11,17H,12-14H2,1-7H3,(H,23,26)(H,24,25);1H4;;1H2/q;;;+1;/p-1. The molecule has 2 unspecified atom stereocenters. The van der Waals surface area contributed by atoms with Crippen LogP contribution in [0.2, 0.25) is 51.4 Å². The van der Waals surface area contributed by atoms with Gasteiger partial charge < -0.3 is 54.0 Å². The first-order valence-electron chi connectivity index (χ1n) is 21.0. The van der Waals surface area contributed by atoms with Gasteiger partial charge in [0.2, 0.25) is 0 Å².